The molecule has 1 aliphatic carbocycles. The molecule has 3 N–H and O–H groups in total. The van der Waals surface area contributed by atoms with E-state index in [2.05, 4.69) is 26.1 Å². The molecular weight excluding hydrogens is 410 g/mol. The van der Waals surface area contributed by atoms with Crippen molar-refractivity contribution >= 4 is 23.4 Å². The molecule has 0 aliphatic heterocycles. The van der Waals surface area contributed by atoms with Crippen LogP contribution < -0.4 is 16.0 Å². The van der Waals surface area contributed by atoms with Crippen molar-refractivity contribution in [2.75, 3.05) is 12.4 Å². The first-order valence-electron chi connectivity index (χ1n) is 11.1. The van der Waals surface area contributed by atoms with Gasteiger partial charge in [0.15, 0.2) is 5.82 Å². The van der Waals surface area contributed by atoms with Crippen LogP contribution in [0.5, 0.6) is 0 Å². The molecule has 2 aromatic rings. The van der Waals surface area contributed by atoms with Crippen molar-refractivity contribution in [3.8, 4) is 0 Å². The van der Waals surface area contributed by atoms with Crippen molar-refractivity contribution in [2.45, 2.75) is 70.8 Å². The molecule has 9 nitrogen and oxygen atoms in total. The Labute approximate surface area is 187 Å². The van der Waals surface area contributed by atoms with Gasteiger partial charge in [-0.2, -0.15) is 4.98 Å². The molecule has 0 spiro atoms. The van der Waals surface area contributed by atoms with E-state index in [4.69, 9.17) is 4.52 Å². The van der Waals surface area contributed by atoms with Crippen LogP contribution in [-0.2, 0) is 21.5 Å². The maximum atomic E-state index is 12.5. The number of hydrogen-bond acceptors (Lipinski definition) is 6. The van der Waals surface area contributed by atoms with Gasteiger partial charge in [0.05, 0.1) is 0 Å². The van der Waals surface area contributed by atoms with E-state index in [1.54, 1.807) is 32.2 Å². The number of aromatic nitrogens is 2. The molecule has 172 valence electrons. The summed E-state index contributed by atoms with van der Waals surface area (Å²) in [7, 11) is 1.57. The van der Waals surface area contributed by atoms with Crippen LogP contribution in [0, 0.1) is 6.92 Å². The van der Waals surface area contributed by atoms with Crippen LogP contribution in [0.3, 0.4) is 0 Å². The summed E-state index contributed by atoms with van der Waals surface area (Å²) in [5.74, 6) is 0.308. The first-order chi connectivity index (χ1) is 15.3. The van der Waals surface area contributed by atoms with Crippen molar-refractivity contribution in [3.63, 3.8) is 0 Å². The van der Waals surface area contributed by atoms with E-state index < -0.39 is 5.54 Å². The standard InChI is InChI=1S/C23H31N5O4/c1-15-17(21(31)24-3)9-8-10-18(15)25-19(30)11-12-20-26-22(28-32-20)23(27-16(2)29)13-6-4-5-7-14-23/h8-10H,4-7,11-14H2,1-3H3,(H,24,31)(H,25,30)(H,27,29). The zero-order chi connectivity index (χ0) is 23.1. The lowest BCUT2D eigenvalue weighted by Crippen LogP contribution is -2.45. The summed E-state index contributed by atoms with van der Waals surface area (Å²) in [4.78, 5) is 40.8. The third-order valence-electron chi connectivity index (χ3n) is 5.91. The highest BCUT2D eigenvalue weighted by Gasteiger charge is 2.38. The fourth-order valence-electron chi connectivity index (χ4n) is 4.21. The third-order valence-corrected chi connectivity index (χ3v) is 5.91. The van der Waals surface area contributed by atoms with Gasteiger partial charge < -0.3 is 20.5 Å². The van der Waals surface area contributed by atoms with Gasteiger partial charge in [-0.05, 0) is 37.5 Å². The Morgan fingerprint density at radius 1 is 1.12 bits per heavy atom. The van der Waals surface area contributed by atoms with Crippen LogP contribution in [0.4, 0.5) is 5.69 Å². The Kier molecular flexibility index (Phi) is 7.61. The number of carbonyl (C=O) groups is 3. The Hall–Kier alpha value is -3.23. The molecule has 1 fully saturated rings. The van der Waals surface area contributed by atoms with Gasteiger partial charge in [-0.3, -0.25) is 14.4 Å². The fraction of sp³-hybridized carbons (Fsp3) is 0.522. The minimum atomic E-state index is -0.607. The number of nitrogens with one attached hydrogen (secondary N) is 3. The largest absolute Gasteiger partial charge is 0.355 e. The van der Waals surface area contributed by atoms with E-state index in [1.807, 2.05) is 0 Å². The van der Waals surface area contributed by atoms with Gasteiger partial charge in [0, 0.05) is 38.1 Å². The topological polar surface area (TPSA) is 126 Å². The van der Waals surface area contributed by atoms with Gasteiger partial charge in [-0.25, -0.2) is 0 Å². The first kappa shape index (κ1) is 23.4. The van der Waals surface area contributed by atoms with Crippen molar-refractivity contribution in [1.29, 1.82) is 0 Å². The Bertz CT molecular complexity index is 977. The number of carbonyl (C=O) groups excluding carboxylic acids is 3. The van der Waals surface area contributed by atoms with Gasteiger partial charge in [-0.1, -0.05) is 36.9 Å². The normalized spacial score (nSPS) is 15.5. The van der Waals surface area contributed by atoms with Crippen molar-refractivity contribution in [2.24, 2.45) is 0 Å². The number of rotatable bonds is 7. The van der Waals surface area contributed by atoms with Crippen molar-refractivity contribution in [1.82, 2.24) is 20.8 Å². The van der Waals surface area contributed by atoms with E-state index in [-0.39, 0.29) is 30.6 Å². The van der Waals surface area contributed by atoms with E-state index in [1.165, 1.54) is 6.92 Å². The molecule has 1 aromatic carbocycles. The molecule has 3 amide bonds. The smallest absolute Gasteiger partial charge is 0.251 e. The Morgan fingerprint density at radius 2 is 1.84 bits per heavy atom. The Morgan fingerprint density at radius 3 is 2.50 bits per heavy atom. The van der Waals surface area contributed by atoms with Crippen LogP contribution in [0.1, 0.15) is 79.5 Å². The molecule has 9 heteroatoms. The summed E-state index contributed by atoms with van der Waals surface area (Å²) >= 11 is 0. The molecule has 32 heavy (non-hydrogen) atoms. The fourth-order valence-corrected chi connectivity index (χ4v) is 4.21. The lowest BCUT2D eigenvalue weighted by Gasteiger charge is -2.30. The quantitative estimate of drug-likeness (QED) is 0.567. The molecular formula is C23H31N5O4. The number of nitrogens with zero attached hydrogens (tertiary/aromatic N) is 2. The number of hydrogen-bond donors (Lipinski definition) is 3. The van der Waals surface area contributed by atoms with Crippen LogP contribution in [0.25, 0.3) is 0 Å². The summed E-state index contributed by atoms with van der Waals surface area (Å²) in [6.45, 7) is 3.29. The summed E-state index contributed by atoms with van der Waals surface area (Å²) in [6, 6.07) is 5.20. The highest BCUT2D eigenvalue weighted by atomic mass is 16.5. The van der Waals surface area contributed by atoms with Crippen LogP contribution in [0.15, 0.2) is 22.7 Å². The number of benzene rings is 1. The second-order valence-corrected chi connectivity index (χ2v) is 8.29. The molecule has 1 aromatic heterocycles. The number of aryl methyl sites for hydroxylation is 1. The molecule has 1 heterocycles. The number of anilines is 1. The second-order valence-electron chi connectivity index (χ2n) is 8.29. The predicted molar refractivity (Wildman–Crippen MR) is 119 cm³/mol. The number of amides is 3. The lowest BCUT2D eigenvalue weighted by atomic mass is 9.89. The summed E-state index contributed by atoms with van der Waals surface area (Å²) in [5, 5.41) is 12.6. The minimum absolute atomic E-state index is 0.119. The zero-order valence-corrected chi connectivity index (χ0v) is 18.9. The molecule has 0 bridgehead atoms. The van der Waals surface area contributed by atoms with Crippen molar-refractivity contribution in [3.05, 3.63) is 41.0 Å². The van der Waals surface area contributed by atoms with Crippen LogP contribution >= 0.6 is 0 Å². The highest BCUT2D eigenvalue weighted by Crippen LogP contribution is 2.34. The van der Waals surface area contributed by atoms with E-state index in [9.17, 15) is 14.4 Å². The summed E-state index contributed by atoms with van der Waals surface area (Å²) in [5.41, 5.74) is 1.19. The van der Waals surface area contributed by atoms with Crippen LogP contribution in [0.2, 0.25) is 0 Å². The van der Waals surface area contributed by atoms with E-state index in [0.29, 0.717) is 28.5 Å². The van der Waals surface area contributed by atoms with E-state index >= 15 is 0 Å². The zero-order valence-electron chi connectivity index (χ0n) is 18.9. The highest BCUT2D eigenvalue weighted by molar-refractivity contribution is 5.99. The van der Waals surface area contributed by atoms with Gasteiger partial charge in [0.25, 0.3) is 5.91 Å². The third kappa shape index (κ3) is 5.52. The monoisotopic (exact) mass is 441 g/mol. The molecule has 3 rings (SSSR count). The summed E-state index contributed by atoms with van der Waals surface area (Å²) < 4.78 is 5.41. The first-order valence-corrected chi connectivity index (χ1v) is 11.1. The molecule has 1 saturated carbocycles. The molecule has 0 saturated heterocycles. The Balaban J connectivity index is 1.65. The predicted octanol–water partition coefficient (Wildman–Crippen LogP) is 2.99. The maximum Gasteiger partial charge on any atom is 0.251 e. The molecule has 1 aliphatic rings. The average Bonchev–Trinajstić information content (AvgIpc) is 3.13. The van der Waals surface area contributed by atoms with Crippen LogP contribution in [-0.4, -0.2) is 34.9 Å². The lowest BCUT2D eigenvalue weighted by molar-refractivity contribution is -0.121. The van der Waals surface area contributed by atoms with E-state index in [0.717, 1.165) is 38.5 Å². The molecule has 0 unspecified atom stereocenters. The molecule has 0 radical (unpaired) electrons. The molecule has 0 atom stereocenters. The second kappa shape index (κ2) is 10.4. The average molecular weight is 442 g/mol. The van der Waals surface area contributed by atoms with Gasteiger partial charge in [0.2, 0.25) is 17.7 Å². The summed E-state index contributed by atoms with van der Waals surface area (Å²) in [6.07, 6.45) is 6.18. The maximum absolute atomic E-state index is 12.5. The van der Waals surface area contributed by atoms with Crippen molar-refractivity contribution < 1.29 is 18.9 Å². The SMILES string of the molecule is CNC(=O)c1cccc(NC(=O)CCc2nc(C3(NC(C)=O)CCCCCC3)no2)c1C. The minimum Gasteiger partial charge on any atom is -0.355 e. The van der Waals surface area contributed by atoms with Gasteiger partial charge in [0.1, 0.15) is 5.54 Å². The van der Waals surface area contributed by atoms with Gasteiger partial charge in [-0.15, -0.1) is 0 Å². The van der Waals surface area contributed by atoms with Gasteiger partial charge >= 0.3 is 0 Å².